The molecule has 1 amide bonds. The van der Waals surface area contributed by atoms with Crippen molar-refractivity contribution >= 4 is 18.7 Å². The zero-order chi connectivity index (χ0) is 8.27. The first-order valence-corrected chi connectivity index (χ1v) is 3.39. The maximum absolute atomic E-state index is 10.3. The number of carbonyl (C=O) groups excluding carboxylic acids is 1. The number of benzene rings is 1. The standard InChI is InChI=1S/C7H7NO2S/c8-7(9)10-5-2-1-3-6(11)4-5/h1-4,11H,(H2,8,9). The molecular formula is C7H7NO2S. The van der Waals surface area contributed by atoms with E-state index in [0.717, 1.165) is 4.90 Å². The highest BCUT2D eigenvalue weighted by molar-refractivity contribution is 7.80. The Morgan fingerprint density at radius 1 is 1.55 bits per heavy atom. The molecule has 0 radical (unpaired) electrons. The van der Waals surface area contributed by atoms with Crippen LogP contribution >= 0.6 is 12.6 Å². The molecule has 0 atom stereocenters. The van der Waals surface area contributed by atoms with Crippen molar-refractivity contribution in [1.82, 2.24) is 0 Å². The molecule has 0 aromatic heterocycles. The Labute approximate surface area is 69.6 Å². The first-order valence-electron chi connectivity index (χ1n) is 2.95. The Hall–Kier alpha value is -1.16. The molecule has 58 valence electrons. The van der Waals surface area contributed by atoms with Crippen LogP contribution < -0.4 is 10.5 Å². The highest BCUT2D eigenvalue weighted by atomic mass is 32.1. The molecule has 3 nitrogen and oxygen atoms in total. The Balaban J connectivity index is 2.79. The fraction of sp³-hybridized carbons (Fsp3) is 0. The fourth-order valence-electron chi connectivity index (χ4n) is 0.663. The van der Waals surface area contributed by atoms with Crippen molar-refractivity contribution in [2.24, 2.45) is 5.73 Å². The molecule has 4 heteroatoms. The minimum absolute atomic E-state index is 0.407. The van der Waals surface area contributed by atoms with E-state index in [0.29, 0.717) is 5.75 Å². The number of hydrogen-bond donors (Lipinski definition) is 2. The average Bonchev–Trinajstić information content (AvgIpc) is 1.85. The van der Waals surface area contributed by atoms with E-state index < -0.39 is 6.09 Å². The van der Waals surface area contributed by atoms with Crippen LogP contribution in [0.15, 0.2) is 29.2 Å². The van der Waals surface area contributed by atoms with Crippen LogP contribution in [0.4, 0.5) is 4.79 Å². The first-order chi connectivity index (χ1) is 5.18. The number of hydrogen-bond acceptors (Lipinski definition) is 3. The van der Waals surface area contributed by atoms with Crippen LogP contribution in [-0.4, -0.2) is 6.09 Å². The van der Waals surface area contributed by atoms with Gasteiger partial charge in [0, 0.05) is 4.90 Å². The smallest absolute Gasteiger partial charge is 0.409 e. The van der Waals surface area contributed by atoms with Crippen molar-refractivity contribution < 1.29 is 9.53 Å². The molecule has 0 bridgehead atoms. The lowest BCUT2D eigenvalue weighted by atomic mass is 10.3. The van der Waals surface area contributed by atoms with Crippen molar-refractivity contribution in [2.45, 2.75) is 4.90 Å². The molecule has 0 aliphatic carbocycles. The summed E-state index contributed by atoms with van der Waals surface area (Å²) in [5.41, 5.74) is 4.79. The van der Waals surface area contributed by atoms with Gasteiger partial charge in [-0.15, -0.1) is 12.6 Å². The molecule has 11 heavy (non-hydrogen) atoms. The molecule has 2 N–H and O–H groups in total. The SMILES string of the molecule is NC(=O)Oc1cccc(S)c1. The highest BCUT2D eigenvalue weighted by Crippen LogP contribution is 2.15. The highest BCUT2D eigenvalue weighted by Gasteiger charge is 1.96. The summed E-state index contributed by atoms with van der Waals surface area (Å²) in [4.78, 5) is 11.0. The third-order valence-electron chi connectivity index (χ3n) is 1.04. The van der Waals surface area contributed by atoms with E-state index in [1.807, 2.05) is 0 Å². The predicted octanol–water partition coefficient (Wildman–Crippen LogP) is 1.43. The Bertz CT molecular complexity index is 275. The second-order valence-electron chi connectivity index (χ2n) is 1.92. The summed E-state index contributed by atoms with van der Waals surface area (Å²) < 4.78 is 4.58. The minimum atomic E-state index is -0.816. The van der Waals surface area contributed by atoms with Crippen LogP contribution in [0.5, 0.6) is 5.75 Å². The van der Waals surface area contributed by atoms with Crippen molar-refractivity contribution in [2.75, 3.05) is 0 Å². The Morgan fingerprint density at radius 3 is 2.82 bits per heavy atom. The zero-order valence-corrected chi connectivity index (χ0v) is 6.54. The van der Waals surface area contributed by atoms with Gasteiger partial charge in [0.2, 0.25) is 0 Å². The second kappa shape index (κ2) is 3.30. The van der Waals surface area contributed by atoms with Crippen molar-refractivity contribution in [1.29, 1.82) is 0 Å². The number of primary amides is 1. The number of rotatable bonds is 1. The third-order valence-corrected chi connectivity index (χ3v) is 1.31. The summed E-state index contributed by atoms with van der Waals surface area (Å²) in [5.74, 6) is 0.407. The predicted molar refractivity (Wildman–Crippen MR) is 43.9 cm³/mol. The lowest BCUT2D eigenvalue weighted by molar-refractivity contribution is 0.211. The van der Waals surface area contributed by atoms with E-state index in [1.54, 1.807) is 24.3 Å². The summed E-state index contributed by atoms with van der Waals surface area (Å²) in [6, 6.07) is 6.73. The van der Waals surface area contributed by atoms with E-state index in [2.05, 4.69) is 17.4 Å². The van der Waals surface area contributed by atoms with Gasteiger partial charge in [0.05, 0.1) is 0 Å². The van der Waals surface area contributed by atoms with Crippen molar-refractivity contribution in [3.05, 3.63) is 24.3 Å². The van der Waals surface area contributed by atoms with E-state index >= 15 is 0 Å². The van der Waals surface area contributed by atoms with Crippen LogP contribution in [0.1, 0.15) is 0 Å². The molecule has 0 saturated heterocycles. The summed E-state index contributed by atoms with van der Waals surface area (Å²) in [7, 11) is 0. The maximum atomic E-state index is 10.3. The van der Waals surface area contributed by atoms with E-state index in [9.17, 15) is 4.79 Å². The molecule has 0 aliphatic heterocycles. The normalized spacial score (nSPS) is 9.18. The largest absolute Gasteiger partial charge is 0.410 e. The summed E-state index contributed by atoms with van der Waals surface area (Å²) in [5, 5.41) is 0. The van der Waals surface area contributed by atoms with E-state index in [1.165, 1.54) is 0 Å². The Kier molecular flexibility index (Phi) is 2.38. The van der Waals surface area contributed by atoms with E-state index in [-0.39, 0.29) is 0 Å². The molecule has 0 aliphatic rings. The van der Waals surface area contributed by atoms with Crippen molar-refractivity contribution in [3.63, 3.8) is 0 Å². The van der Waals surface area contributed by atoms with Crippen LogP contribution in [0.3, 0.4) is 0 Å². The summed E-state index contributed by atoms with van der Waals surface area (Å²) in [6.45, 7) is 0. The van der Waals surface area contributed by atoms with Gasteiger partial charge in [0.15, 0.2) is 0 Å². The zero-order valence-electron chi connectivity index (χ0n) is 5.65. The van der Waals surface area contributed by atoms with Crippen LogP contribution in [0.2, 0.25) is 0 Å². The number of thiol groups is 1. The molecule has 0 heterocycles. The lowest BCUT2D eigenvalue weighted by Crippen LogP contribution is -2.16. The quantitative estimate of drug-likeness (QED) is 0.625. The summed E-state index contributed by atoms with van der Waals surface area (Å²) in [6.07, 6.45) is -0.816. The molecular weight excluding hydrogens is 162 g/mol. The van der Waals surface area contributed by atoms with Gasteiger partial charge >= 0.3 is 6.09 Å². The van der Waals surface area contributed by atoms with Crippen LogP contribution in [-0.2, 0) is 0 Å². The number of amides is 1. The fourth-order valence-corrected chi connectivity index (χ4v) is 0.876. The van der Waals surface area contributed by atoms with Gasteiger partial charge in [-0.2, -0.15) is 0 Å². The van der Waals surface area contributed by atoms with Gasteiger partial charge in [-0.05, 0) is 18.2 Å². The molecule has 1 aromatic carbocycles. The third kappa shape index (κ3) is 2.51. The molecule has 1 rings (SSSR count). The van der Waals surface area contributed by atoms with Crippen LogP contribution in [0.25, 0.3) is 0 Å². The van der Waals surface area contributed by atoms with Gasteiger partial charge < -0.3 is 10.5 Å². The molecule has 0 saturated carbocycles. The van der Waals surface area contributed by atoms with Gasteiger partial charge in [-0.1, -0.05) is 6.07 Å². The lowest BCUT2D eigenvalue weighted by Gasteiger charge is -1.99. The average molecular weight is 169 g/mol. The van der Waals surface area contributed by atoms with Crippen LogP contribution in [0, 0.1) is 0 Å². The molecule has 0 fully saturated rings. The van der Waals surface area contributed by atoms with Gasteiger partial charge in [-0.3, -0.25) is 0 Å². The van der Waals surface area contributed by atoms with E-state index in [4.69, 9.17) is 5.73 Å². The molecule has 1 aromatic rings. The molecule has 0 unspecified atom stereocenters. The summed E-state index contributed by atoms with van der Waals surface area (Å²) >= 11 is 4.04. The number of carbonyl (C=O) groups is 1. The first kappa shape index (κ1) is 7.94. The monoisotopic (exact) mass is 169 g/mol. The van der Waals surface area contributed by atoms with Gasteiger partial charge in [-0.25, -0.2) is 4.79 Å². The maximum Gasteiger partial charge on any atom is 0.409 e. The molecule has 0 spiro atoms. The topological polar surface area (TPSA) is 52.3 Å². The van der Waals surface area contributed by atoms with Crippen molar-refractivity contribution in [3.8, 4) is 5.75 Å². The van der Waals surface area contributed by atoms with Gasteiger partial charge in [0.1, 0.15) is 5.75 Å². The Morgan fingerprint density at radius 2 is 2.27 bits per heavy atom. The number of nitrogens with two attached hydrogens (primary N) is 1. The minimum Gasteiger partial charge on any atom is -0.410 e. The van der Waals surface area contributed by atoms with Gasteiger partial charge in [0.25, 0.3) is 0 Å². The second-order valence-corrected chi connectivity index (χ2v) is 2.43. The number of ether oxygens (including phenoxy) is 1.